The molecule has 1 heterocycles. The van der Waals surface area contributed by atoms with Crippen LogP contribution in [0.25, 0.3) is 0 Å². The first-order valence-corrected chi connectivity index (χ1v) is 12.1. The summed E-state index contributed by atoms with van der Waals surface area (Å²) in [4.78, 5) is 41.8. The number of carbonyl (C=O) groups excluding carboxylic acids is 3. The van der Waals surface area contributed by atoms with Crippen LogP contribution < -0.4 is 5.32 Å². The lowest BCUT2D eigenvalue weighted by Crippen LogP contribution is -2.50. The maximum Gasteiger partial charge on any atom is 0.410 e. The number of benzene rings is 2. The van der Waals surface area contributed by atoms with Crippen LogP contribution in [-0.2, 0) is 27.3 Å². The van der Waals surface area contributed by atoms with Gasteiger partial charge in [-0.15, -0.1) is 0 Å². The fraction of sp³-hybridized carbons (Fsp3) is 0.444. The molecule has 0 aromatic heterocycles. The highest BCUT2D eigenvalue weighted by molar-refractivity contribution is 5.86. The lowest BCUT2D eigenvalue weighted by molar-refractivity contribution is -0.133. The van der Waals surface area contributed by atoms with Crippen LogP contribution in [0.3, 0.4) is 0 Å². The Kier molecular flexibility index (Phi) is 9.16. The van der Waals surface area contributed by atoms with E-state index in [4.69, 9.17) is 9.47 Å². The summed E-state index contributed by atoms with van der Waals surface area (Å²) < 4.78 is 10.8. The molecular formula is C27H35N3O6. The number of hydrogen-bond acceptors (Lipinski definition) is 6. The molecule has 0 bridgehead atoms. The Bertz CT molecular complexity index is 1020. The van der Waals surface area contributed by atoms with E-state index in [0.29, 0.717) is 32.6 Å². The Morgan fingerprint density at radius 1 is 0.917 bits per heavy atom. The average Bonchev–Trinajstić information content (AvgIpc) is 3.09. The number of rotatable bonds is 6. The summed E-state index contributed by atoms with van der Waals surface area (Å²) in [5.41, 5.74) is 1.02. The molecule has 194 valence electrons. The van der Waals surface area contributed by atoms with E-state index in [9.17, 15) is 19.5 Å². The van der Waals surface area contributed by atoms with Gasteiger partial charge in [0.15, 0.2) is 0 Å². The second-order valence-corrected chi connectivity index (χ2v) is 9.78. The highest BCUT2D eigenvalue weighted by Gasteiger charge is 2.30. The van der Waals surface area contributed by atoms with Gasteiger partial charge in [-0.2, -0.15) is 0 Å². The SMILES string of the molecule is CC(C)(C)OC(=O)N1CCCN(C(=O)[C@H](Cc2ccc(O)cc2)NC(=O)OCc2ccccc2)CC1. The van der Waals surface area contributed by atoms with Crippen LogP contribution in [0.5, 0.6) is 5.75 Å². The average molecular weight is 498 g/mol. The molecule has 1 fully saturated rings. The quantitative estimate of drug-likeness (QED) is 0.630. The van der Waals surface area contributed by atoms with E-state index in [1.54, 1.807) is 21.9 Å². The maximum absolute atomic E-state index is 13.5. The minimum Gasteiger partial charge on any atom is -0.508 e. The molecule has 1 aliphatic rings. The Morgan fingerprint density at radius 3 is 2.22 bits per heavy atom. The Balaban J connectivity index is 1.66. The highest BCUT2D eigenvalue weighted by Crippen LogP contribution is 2.15. The predicted molar refractivity (Wildman–Crippen MR) is 134 cm³/mol. The molecule has 0 saturated carbocycles. The summed E-state index contributed by atoms with van der Waals surface area (Å²) in [6.07, 6.45) is -0.275. The van der Waals surface area contributed by atoms with Crippen molar-refractivity contribution in [2.75, 3.05) is 26.2 Å². The zero-order valence-corrected chi connectivity index (χ0v) is 21.1. The largest absolute Gasteiger partial charge is 0.508 e. The van der Waals surface area contributed by atoms with E-state index in [1.165, 1.54) is 12.1 Å². The number of nitrogens with one attached hydrogen (secondary N) is 1. The van der Waals surface area contributed by atoms with Crippen LogP contribution in [-0.4, -0.2) is 70.8 Å². The van der Waals surface area contributed by atoms with Crippen molar-refractivity contribution in [2.45, 2.75) is 51.9 Å². The Hall–Kier alpha value is -3.75. The first-order chi connectivity index (χ1) is 17.1. The number of hydrogen-bond donors (Lipinski definition) is 2. The fourth-order valence-electron chi connectivity index (χ4n) is 3.84. The molecular weight excluding hydrogens is 462 g/mol. The summed E-state index contributed by atoms with van der Waals surface area (Å²) in [7, 11) is 0. The van der Waals surface area contributed by atoms with Crippen LogP contribution in [0.4, 0.5) is 9.59 Å². The van der Waals surface area contributed by atoms with Crippen molar-refractivity contribution < 1.29 is 29.0 Å². The minimum absolute atomic E-state index is 0.0847. The number of aromatic hydroxyl groups is 1. The van der Waals surface area contributed by atoms with Crippen molar-refractivity contribution in [1.82, 2.24) is 15.1 Å². The maximum atomic E-state index is 13.5. The number of nitrogens with zero attached hydrogens (tertiary/aromatic N) is 2. The van der Waals surface area contributed by atoms with Crippen LogP contribution in [0.15, 0.2) is 54.6 Å². The second-order valence-electron chi connectivity index (χ2n) is 9.78. The molecule has 9 heteroatoms. The second kappa shape index (κ2) is 12.3. The van der Waals surface area contributed by atoms with Gasteiger partial charge in [-0.1, -0.05) is 42.5 Å². The van der Waals surface area contributed by atoms with Crippen LogP contribution in [0.2, 0.25) is 0 Å². The van der Waals surface area contributed by atoms with Crippen molar-refractivity contribution in [3.05, 3.63) is 65.7 Å². The van der Waals surface area contributed by atoms with E-state index < -0.39 is 23.8 Å². The first-order valence-electron chi connectivity index (χ1n) is 12.1. The predicted octanol–water partition coefficient (Wildman–Crippen LogP) is 3.70. The molecule has 2 N–H and O–H groups in total. The minimum atomic E-state index is -0.870. The van der Waals surface area contributed by atoms with E-state index >= 15 is 0 Å². The lowest BCUT2D eigenvalue weighted by atomic mass is 10.0. The molecule has 2 aromatic rings. The van der Waals surface area contributed by atoms with E-state index in [1.807, 2.05) is 51.1 Å². The molecule has 0 spiro atoms. The fourth-order valence-corrected chi connectivity index (χ4v) is 3.84. The van der Waals surface area contributed by atoms with Gasteiger partial charge in [-0.05, 0) is 50.5 Å². The number of phenolic OH excluding ortho intramolecular Hbond substituents is 1. The highest BCUT2D eigenvalue weighted by atomic mass is 16.6. The third-order valence-electron chi connectivity index (χ3n) is 5.64. The van der Waals surface area contributed by atoms with E-state index in [2.05, 4.69) is 5.32 Å². The number of carbonyl (C=O) groups is 3. The van der Waals surface area contributed by atoms with Gasteiger partial charge in [0.25, 0.3) is 0 Å². The summed E-state index contributed by atoms with van der Waals surface area (Å²) in [5.74, 6) is -0.141. The standard InChI is InChI=1S/C27H35N3O6/c1-27(2,3)36-26(34)30-15-7-14-29(16-17-30)24(32)23(18-20-10-12-22(31)13-11-20)28-25(33)35-19-21-8-5-4-6-9-21/h4-6,8-13,23,31H,7,14-19H2,1-3H3,(H,28,33)/t23-/m0/s1. The van der Waals surface area contributed by atoms with Crippen molar-refractivity contribution in [3.8, 4) is 5.75 Å². The smallest absolute Gasteiger partial charge is 0.410 e. The van der Waals surface area contributed by atoms with E-state index in [-0.39, 0.29) is 24.7 Å². The van der Waals surface area contributed by atoms with Gasteiger partial charge in [0.1, 0.15) is 24.0 Å². The molecule has 0 unspecified atom stereocenters. The molecule has 1 atom stereocenters. The molecule has 9 nitrogen and oxygen atoms in total. The van der Waals surface area contributed by atoms with Gasteiger partial charge in [-0.25, -0.2) is 9.59 Å². The third kappa shape index (κ3) is 8.48. The Labute approximate surface area is 212 Å². The van der Waals surface area contributed by atoms with Gasteiger partial charge < -0.3 is 29.7 Å². The van der Waals surface area contributed by atoms with Gasteiger partial charge in [0.2, 0.25) is 5.91 Å². The molecule has 1 saturated heterocycles. The number of phenols is 1. The van der Waals surface area contributed by atoms with Crippen molar-refractivity contribution in [1.29, 1.82) is 0 Å². The van der Waals surface area contributed by atoms with Gasteiger partial charge in [0.05, 0.1) is 0 Å². The summed E-state index contributed by atoms with van der Waals surface area (Å²) in [5, 5.41) is 12.3. The van der Waals surface area contributed by atoms with Crippen LogP contribution >= 0.6 is 0 Å². The molecule has 1 aliphatic heterocycles. The molecule has 3 rings (SSSR count). The molecule has 2 aromatic carbocycles. The monoisotopic (exact) mass is 497 g/mol. The molecule has 3 amide bonds. The Morgan fingerprint density at radius 2 is 1.56 bits per heavy atom. The number of amides is 3. The van der Waals surface area contributed by atoms with Crippen molar-refractivity contribution >= 4 is 18.1 Å². The normalized spacial score (nSPS) is 15.0. The summed E-state index contributed by atoms with van der Waals surface area (Å²) in [6.45, 7) is 7.12. The van der Waals surface area contributed by atoms with Crippen molar-refractivity contribution in [2.24, 2.45) is 0 Å². The topological polar surface area (TPSA) is 108 Å². The molecule has 0 radical (unpaired) electrons. The zero-order valence-electron chi connectivity index (χ0n) is 21.1. The first kappa shape index (κ1) is 26.8. The van der Waals surface area contributed by atoms with Gasteiger partial charge >= 0.3 is 12.2 Å². The van der Waals surface area contributed by atoms with Gasteiger partial charge in [0, 0.05) is 32.6 Å². The van der Waals surface area contributed by atoms with Crippen molar-refractivity contribution in [3.63, 3.8) is 0 Å². The molecule has 0 aliphatic carbocycles. The number of ether oxygens (including phenoxy) is 2. The third-order valence-corrected chi connectivity index (χ3v) is 5.64. The summed E-state index contributed by atoms with van der Waals surface area (Å²) in [6, 6.07) is 14.9. The number of alkyl carbamates (subject to hydrolysis) is 1. The van der Waals surface area contributed by atoms with Crippen LogP contribution in [0.1, 0.15) is 38.3 Å². The lowest BCUT2D eigenvalue weighted by Gasteiger charge is -2.28. The van der Waals surface area contributed by atoms with Crippen LogP contribution in [0, 0.1) is 0 Å². The van der Waals surface area contributed by atoms with Gasteiger partial charge in [-0.3, -0.25) is 4.79 Å². The van der Waals surface area contributed by atoms with E-state index in [0.717, 1.165) is 11.1 Å². The molecule has 36 heavy (non-hydrogen) atoms. The summed E-state index contributed by atoms with van der Waals surface area (Å²) >= 11 is 0. The zero-order chi connectivity index (χ0) is 26.1.